The number of nitrogens with zero attached hydrogens (tertiary/aromatic N) is 2. The number of piperidine rings is 1. The molecule has 124 valence electrons. The Labute approximate surface area is 130 Å². The number of halogens is 2. The van der Waals surface area contributed by atoms with Gasteiger partial charge in [-0.05, 0) is 32.5 Å². The van der Waals surface area contributed by atoms with Gasteiger partial charge in [0.05, 0.1) is 5.75 Å². The van der Waals surface area contributed by atoms with E-state index in [2.05, 4.69) is 4.90 Å². The predicted molar refractivity (Wildman–Crippen MR) is 81.9 cm³/mol. The maximum absolute atomic E-state index is 13.6. The van der Waals surface area contributed by atoms with Gasteiger partial charge in [0, 0.05) is 31.3 Å². The van der Waals surface area contributed by atoms with Crippen molar-refractivity contribution >= 4 is 10.0 Å². The number of benzene rings is 1. The first kappa shape index (κ1) is 17.3. The number of likely N-dealkylation sites (N-methyl/N-ethyl adjacent to an activating group) is 2. The fourth-order valence-electron chi connectivity index (χ4n) is 2.73. The molecule has 2 rings (SSSR count). The zero-order chi connectivity index (χ0) is 16.3. The molecule has 1 aromatic rings. The molecule has 1 aliphatic heterocycles. The van der Waals surface area contributed by atoms with Crippen molar-refractivity contribution < 1.29 is 17.2 Å². The van der Waals surface area contributed by atoms with E-state index in [0.717, 1.165) is 31.9 Å². The molecule has 1 heterocycles. The fraction of sp³-hybridized carbons (Fsp3) is 0.600. The third-order valence-corrected chi connectivity index (χ3v) is 5.99. The van der Waals surface area contributed by atoms with Crippen molar-refractivity contribution in [1.82, 2.24) is 9.21 Å². The van der Waals surface area contributed by atoms with E-state index in [1.807, 2.05) is 7.05 Å². The van der Waals surface area contributed by atoms with Crippen molar-refractivity contribution in [3.63, 3.8) is 0 Å². The number of rotatable bonds is 5. The van der Waals surface area contributed by atoms with Gasteiger partial charge in [0.1, 0.15) is 11.6 Å². The molecule has 0 radical (unpaired) electrons. The Kier molecular flexibility index (Phi) is 5.52. The number of hydrogen-bond donors (Lipinski definition) is 0. The van der Waals surface area contributed by atoms with Crippen LogP contribution < -0.4 is 0 Å². The molecule has 0 N–H and O–H groups in total. The SMILES string of the molecule is CN1CCCCC1CN(C)S(=O)(=O)Cc1ccc(F)cc1F. The number of hydrogen-bond acceptors (Lipinski definition) is 3. The Morgan fingerprint density at radius 1 is 1.32 bits per heavy atom. The maximum Gasteiger partial charge on any atom is 0.218 e. The average Bonchev–Trinajstić information content (AvgIpc) is 2.44. The van der Waals surface area contributed by atoms with E-state index in [1.54, 1.807) is 0 Å². The van der Waals surface area contributed by atoms with Gasteiger partial charge in [-0.15, -0.1) is 0 Å². The minimum atomic E-state index is -3.63. The summed E-state index contributed by atoms with van der Waals surface area (Å²) < 4.78 is 52.5. The topological polar surface area (TPSA) is 40.6 Å². The molecule has 1 saturated heterocycles. The largest absolute Gasteiger partial charge is 0.302 e. The molecule has 0 bridgehead atoms. The highest BCUT2D eigenvalue weighted by molar-refractivity contribution is 7.88. The molecule has 4 nitrogen and oxygen atoms in total. The Morgan fingerprint density at radius 3 is 2.68 bits per heavy atom. The highest BCUT2D eigenvalue weighted by Crippen LogP contribution is 2.19. The van der Waals surface area contributed by atoms with E-state index in [-0.39, 0.29) is 11.6 Å². The standard InChI is InChI=1S/C15H22F2N2O2S/c1-18-8-4-3-5-14(18)10-19(2)22(20,21)11-12-6-7-13(16)9-15(12)17/h6-7,9,14H,3-5,8,10-11H2,1-2H3. The Morgan fingerprint density at radius 2 is 2.05 bits per heavy atom. The second kappa shape index (κ2) is 7.02. The van der Waals surface area contributed by atoms with Crippen molar-refractivity contribution in [3.05, 3.63) is 35.4 Å². The lowest BCUT2D eigenvalue weighted by Gasteiger charge is -2.34. The molecule has 1 aromatic carbocycles. The van der Waals surface area contributed by atoms with Crippen molar-refractivity contribution in [2.24, 2.45) is 0 Å². The van der Waals surface area contributed by atoms with Crippen LogP contribution in [0.3, 0.4) is 0 Å². The van der Waals surface area contributed by atoms with E-state index in [4.69, 9.17) is 0 Å². The summed E-state index contributed by atoms with van der Waals surface area (Å²) >= 11 is 0. The first-order valence-corrected chi connectivity index (χ1v) is 8.98. The van der Waals surface area contributed by atoms with Crippen molar-refractivity contribution in [2.75, 3.05) is 27.2 Å². The Hall–Kier alpha value is -1.05. The van der Waals surface area contributed by atoms with E-state index < -0.39 is 27.4 Å². The smallest absolute Gasteiger partial charge is 0.218 e. The minimum Gasteiger partial charge on any atom is -0.302 e. The van der Waals surface area contributed by atoms with Gasteiger partial charge < -0.3 is 4.90 Å². The van der Waals surface area contributed by atoms with Gasteiger partial charge in [-0.3, -0.25) is 0 Å². The van der Waals surface area contributed by atoms with E-state index in [0.29, 0.717) is 12.6 Å². The molecule has 0 aromatic heterocycles. The van der Waals surface area contributed by atoms with Crippen molar-refractivity contribution in [3.8, 4) is 0 Å². The van der Waals surface area contributed by atoms with Crippen molar-refractivity contribution in [1.29, 1.82) is 0 Å². The molecule has 1 aliphatic rings. The Balaban J connectivity index is 2.05. The summed E-state index contributed by atoms with van der Waals surface area (Å²) in [5.74, 6) is -1.99. The molecule has 0 saturated carbocycles. The van der Waals surface area contributed by atoms with Gasteiger partial charge in [0.2, 0.25) is 10.0 Å². The lowest BCUT2D eigenvalue weighted by atomic mass is 10.0. The summed E-state index contributed by atoms with van der Waals surface area (Å²) in [5, 5.41) is 0. The second-order valence-corrected chi connectivity index (χ2v) is 7.98. The summed E-state index contributed by atoms with van der Waals surface area (Å²) in [6.07, 6.45) is 3.18. The zero-order valence-electron chi connectivity index (χ0n) is 12.9. The molecule has 0 amide bonds. The van der Waals surface area contributed by atoms with E-state index >= 15 is 0 Å². The summed E-state index contributed by atoms with van der Waals surface area (Å²) in [4.78, 5) is 2.16. The molecule has 1 unspecified atom stereocenters. The molecule has 7 heteroatoms. The predicted octanol–water partition coefficient (Wildman–Crippen LogP) is 2.21. The quantitative estimate of drug-likeness (QED) is 0.830. The van der Waals surface area contributed by atoms with Crippen LogP contribution in [0.1, 0.15) is 24.8 Å². The molecular formula is C15H22F2N2O2S. The van der Waals surface area contributed by atoms with Gasteiger partial charge in [0.15, 0.2) is 0 Å². The average molecular weight is 332 g/mol. The van der Waals surface area contributed by atoms with Crippen LogP contribution in [0.25, 0.3) is 0 Å². The van der Waals surface area contributed by atoms with Crippen LogP contribution in [0.2, 0.25) is 0 Å². The fourth-order valence-corrected chi connectivity index (χ4v) is 3.98. The molecule has 1 fully saturated rings. The van der Waals surface area contributed by atoms with Crippen LogP contribution in [0.5, 0.6) is 0 Å². The highest BCUT2D eigenvalue weighted by Gasteiger charge is 2.26. The van der Waals surface area contributed by atoms with Crippen LogP contribution in [0.4, 0.5) is 8.78 Å². The third-order valence-electron chi connectivity index (χ3n) is 4.22. The summed E-state index contributed by atoms with van der Waals surface area (Å²) in [6.45, 7) is 1.35. The number of sulfonamides is 1. The molecule has 1 atom stereocenters. The van der Waals surface area contributed by atoms with Gasteiger partial charge in [-0.1, -0.05) is 12.5 Å². The van der Waals surface area contributed by atoms with Gasteiger partial charge in [0.25, 0.3) is 0 Å². The first-order valence-electron chi connectivity index (χ1n) is 7.38. The van der Waals surface area contributed by atoms with Crippen molar-refractivity contribution in [2.45, 2.75) is 31.1 Å². The van der Waals surface area contributed by atoms with Gasteiger partial charge >= 0.3 is 0 Å². The van der Waals surface area contributed by atoms with Crippen LogP contribution in [-0.2, 0) is 15.8 Å². The van der Waals surface area contributed by atoms with E-state index in [1.165, 1.54) is 17.4 Å². The van der Waals surface area contributed by atoms with Crippen LogP contribution in [0.15, 0.2) is 18.2 Å². The molecule has 0 aliphatic carbocycles. The van der Waals surface area contributed by atoms with Gasteiger partial charge in [-0.25, -0.2) is 21.5 Å². The number of likely N-dealkylation sites (tertiary alicyclic amines) is 1. The van der Waals surface area contributed by atoms with Crippen LogP contribution in [-0.4, -0.2) is 50.8 Å². The maximum atomic E-state index is 13.6. The third kappa shape index (κ3) is 4.24. The van der Waals surface area contributed by atoms with Crippen LogP contribution >= 0.6 is 0 Å². The highest BCUT2D eigenvalue weighted by atomic mass is 32.2. The summed E-state index contributed by atoms with van der Waals surface area (Å²) in [7, 11) is -0.124. The first-order chi connectivity index (χ1) is 10.3. The lowest BCUT2D eigenvalue weighted by molar-refractivity contribution is 0.166. The molecule has 0 spiro atoms. The normalized spacial score (nSPS) is 20.5. The zero-order valence-corrected chi connectivity index (χ0v) is 13.7. The molecule has 22 heavy (non-hydrogen) atoms. The lowest BCUT2D eigenvalue weighted by Crippen LogP contribution is -2.45. The van der Waals surface area contributed by atoms with Gasteiger partial charge in [-0.2, -0.15) is 0 Å². The Bertz CT molecular complexity index is 622. The summed E-state index contributed by atoms with van der Waals surface area (Å²) in [6, 6.07) is 3.15. The second-order valence-electron chi connectivity index (χ2n) is 5.90. The minimum absolute atomic E-state index is 0.00903. The van der Waals surface area contributed by atoms with Crippen LogP contribution in [0, 0.1) is 11.6 Å². The molecular weight excluding hydrogens is 310 g/mol. The summed E-state index contributed by atoms with van der Waals surface area (Å²) in [5.41, 5.74) is -0.00903. The van der Waals surface area contributed by atoms with E-state index in [9.17, 15) is 17.2 Å². The monoisotopic (exact) mass is 332 g/mol.